The fourth-order valence-electron chi connectivity index (χ4n) is 2.68. The molecule has 0 saturated carbocycles. The molecule has 3 aromatic rings. The SMILES string of the molecule is CC(C)n1cc(COc2ccccc2F)c2c(N)cccc21. The number of aromatic nitrogens is 1. The molecular weight excluding hydrogens is 279 g/mol. The van der Waals surface area contributed by atoms with Crippen molar-refractivity contribution in [2.24, 2.45) is 0 Å². The molecule has 4 heteroatoms. The topological polar surface area (TPSA) is 40.2 Å². The van der Waals surface area contributed by atoms with Crippen LogP contribution >= 0.6 is 0 Å². The lowest BCUT2D eigenvalue weighted by Gasteiger charge is -2.08. The van der Waals surface area contributed by atoms with Crippen molar-refractivity contribution < 1.29 is 9.13 Å². The van der Waals surface area contributed by atoms with Crippen molar-refractivity contribution in [3.63, 3.8) is 0 Å². The molecule has 0 spiro atoms. The molecule has 0 aliphatic carbocycles. The van der Waals surface area contributed by atoms with Crippen LogP contribution < -0.4 is 10.5 Å². The van der Waals surface area contributed by atoms with Gasteiger partial charge in [-0.1, -0.05) is 18.2 Å². The Balaban J connectivity index is 1.99. The molecule has 2 N–H and O–H groups in total. The van der Waals surface area contributed by atoms with E-state index in [0.717, 1.165) is 16.5 Å². The van der Waals surface area contributed by atoms with E-state index in [1.165, 1.54) is 6.07 Å². The van der Waals surface area contributed by atoms with Crippen LogP contribution in [0, 0.1) is 5.82 Å². The van der Waals surface area contributed by atoms with E-state index >= 15 is 0 Å². The second-order valence-corrected chi connectivity index (χ2v) is 5.62. The van der Waals surface area contributed by atoms with Gasteiger partial charge in [-0.2, -0.15) is 0 Å². The first-order valence-electron chi connectivity index (χ1n) is 7.33. The van der Waals surface area contributed by atoms with Crippen LogP contribution in [0.3, 0.4) is 0 Å². The maximum absolute atomic E-state index is 13.7. The number of rotatable bonds is 4. The Kier molecular flexibility index (Phi) is 3.75. The van der Waals surface area contributed by atoms with Crippen LogP contribution in [-0.4, -0.2) is 4.57 Å². The van der Waals surface area contributed by atoms with Crippen molar-refractivity contribution in [2.75, 3.05) is 5.73 Å². The van der Waals surface area contributed by atoms with Gasteiger partial charge < -0.3 is 15.0 Å². The van der Waals surface area contributed by atoms with Gasteiger partial charge in [-0.15, -0.1) is 0 Å². The van der Waals surface area contributed by atoms with Gasteiger partial charge in [-0.3, -0.25) is 0 Å². The van der Waals surface area contributed by atoms with Gasteiger partial charge in [-0.05, 0) is 38.1 Å². The highest BCUT2D eigenvalue weighted by Crippen LogP contribution is 2.30. The zero-order valence-corrected chi connectivity index (χ0v) is 12.7. The number of anilines is 1. The maximum Gasteiger partial charge on any atom is 0.165 e. The summed E-state index contributed by atoms with van der Waals surface area (Å²) in [7, 11) is 0. The average Bonchev–Trinajstić information content (AvgIpc) is 2.87. The fourth-order valence-corrected chi connectivity index (χ4v) is 2.68. The van der Waals surface area contributed by atoms with E-state index in [2.05, 4.69) is 18.4 Å². The van der Waals surface area contributed by atoms with Gasteiger partial charge >= 0.3 is 0 Å². The van der Waals surface area contributed by atoms with E-state index in [1.54, 1.807) is 18.2 Å². The Hall–Kier alpha value is -2.49. The number of halogens is 1. The van der Waals surface area contributed by atoms with E-state index < -0.39 is 0 Å². The third-order valence-corrected chi connectivity index (χ3v) is 3.75. The summed E-state index contributed by atoms with van der Waals surface area (Å²) in [6, 6.07) is 12.6. The number of para-hydroxylation sites is 1. The molecule has 0 unspecified atom stereocenters. The quantitative estimate of drug-likeness (QED) is 0.719. The molecule has 3 nitrogen and oxygen atoms in total. The number of nitrogens with zero attached hydrogens (tertiary/aromatic N) is 1. The second kappa shape index (κ2) is 5.72. The summed E-state index contributed by atoms with van der Waals surface area (Å²) in [5, 5.41) is 0.979. The zero-order valence-electron chi connectivity index (χ0n) is 12.7. The van der Waals surface area contributed by atoms with E-state index in [-0.39, 0.29) is 18.2 Å². The first kappa shape index (κ1) is 14.4. The summed E-state index contributed by atoms with van der Waals surface area (Å²) < 4.78 is 21.5. The van der Waals surface area contributed by atoms with Gasteiger partial charge in [0.1, 0.15) is 6.61 Å². The minimum atomic E-state index is -0.358. The maximum atomic E-state index is 13.7. The standard InChI is InChI=1S/C18H19FN2O/c1-12(2)21-10-13(18-15(20)7-5-8-16(18)21)11-22-17-9-4-3-6-14(17)19/h3-10,12H,11,20H2,1-2H3. The van der Waals surface area contributed by atoms with Gasteiger partial charge in [0.25, 0.3) is 0 Å². The van der Waals surface area contributed by atoms with Crippen LogP contribution in [0.2, 0.25) is 0 Å². The Morgan fingerprint density at radius 1 is 1.14 bits per heavy atom. The minimum Gasteiger partial charge on any atom is -0.486 e. The Labute approximate surface area is 129 Å². The number of nitrogens with two attached hydrogens (primary N) is 1. The lowest BCUT2D eigenvalue weighted by Crippen LogP contribution is -1.99. The van der Waals surface area contributed by atoms with Gasteiger partial charge in [0.2, 0.25) is 0 Å². The summed E-state index contributed by atoms with van der Waals surface area (Å²) >= 11 is 0. The van der Waals surface area contributed by atoms with Crippen LogP contribution in [0.1, 0.15) is 25.5 Å². The lowest BCUT2D eigenvalue weighted by molar-refractivity contribution is 0.291. The van der Waals surface area contributed by atoms with Crippen LogP contribution in [-0.2, 0) is 6.61 Å². The van der Waals surface area contributed by atoms with Crippen LogP contribution in [0.5, 0.6) is 5.75 Å². The highest BCUT2D eigenvalue weighted by molar-refractivity contribution is 5.94. The molecule has 0 amide bonds. The summed E-state index contributed by atoms with van der Waals surface area (Å²) in [6.45, 7) is 4.51. The molecule has 0 saturated heterocycles. The van der Waals surface area contributed by atoms with Crippen molar-refractivity contribution in [3.05, 3.63) is 60.0 Å². The first-order chi connectivity index (χ1) is 10.6. The van der Waals surface area contributed by atoms with E-state index in [1.807, 2.05) is 24.4 Å². The van der Waals surface area contributed by atoms with Crippen molar-refractivity contribution >= 4 is 16.6 Å². The normalized spacial score (nSPS) is 11.3. The van der Waals surface area contributed by atoms with Gasteiger partial charge in [0.05, 0.1) is 5.52 Å². The molecule has 1 aromatic heterocycles. The Morgan fingerprint density at radius 2 is 1.91 bits per heavy atom. The second-order valence-electron chi connectivity index (χ2n) is 5.62. The summed E-state index contributed by atoms with van der Waals surface area (Å²) in [5.74, 6) is -0.106. The molecule has 2 aromatic carbocycles. The van der Waals surface area contributed by atoms with Gasteiger partial charge in [0, 0.05) is 28.9 Å². The smallest absolute Gasteiger partial charge is 0.165 e. The molecule has 0 fully saturated rings. The number of fused-ring (bicyclic) bond motifs is 1. The van der Waals surface area contributed by atoms with Gasteiger partial charge in [0.15, 0.2) is 11.6 Å². The van der Waals surface area contributed by atoms with E-state index in [4.69, 9.17) is 10.5 Å². The number of nitrogen functional groups attached to an aromatic ring is 1. The Morgan fingerprint density at radius 3 is 2.64 bits per heavy atom. The fraction of sp³-hybridized carbons (Fsp3) is 0.222. The first-order valence-corrected chi connectivity index (χ1v) is 7.33. The average molecular weight is 298 g/mol. The number of hydrogen-bond donors (Lipinski definition) is 1. The lowest BCUT2D eigenvalue weighted by atomic mass is 10.1. The zero-order chi connectivity index (χ0) is 15.7. The highest BCUT2D eigenvalue weighted by Gasteiger charge is 2.14. The number of ether oxygens (including phenoxy) is 1. The van der Waals surface area contributed by atoms with Gasteiger partial charge in [-0.25, -0.2) is 4.39 Å². The minimum absolute atomic E-state index is 0.252. The largest absolute Gasteiger partial charge is 0.486 e. The van der Waals surface area contributed by atoms with Crippen molar-refractivity contribution in [1.29, 1.82) is 0 Å². The highest BCUT2D eigenvalue weighted by atomic mass is 19.1. The van der Waals surface area contributed by atoms with Crippen LogP contribution in [0.25, 0.3) is 10.9 Å². The molecule has 0 aliphatic rings. The molecule has 0 bridgehead atoms. The predicted octanol–water partition coefficient (Wildman–Crippen LogP) is 4.52. The molecule has 3 rings (SSSR count). The number of hydrogen-bond acceptors (Lipinski definition) is 2. The molecule has 0 atom stereocenters. The van der Waals surface area contributed by atoms with Crippen LogP contribution in [0.4, 0.5) is 10.1 Å². The molecule has 0 radical (unpaired) electrons. The van der Waals surface area contributed by atoms with E-state index in [9.17, 15) is 4.39 Å². The predicted molar refractivity (Wildman–Crippen MR) is 87.5 cm³/mol. The third kappa shape index (κ3) is 2.52. The summed E-state index contributed by atoms with van der Waals surface area (Å²) in [6.07, 6.45) is 2.03. The Bertz CT molecular complexity index is 808. The molecule has 22 heavy (non-hydrogen) atoms. The summed E-state index contributed by atoms with van der Waals surface area (Å²) in [4.78, 5) is 0. The summed E-state index contributed by atoms with van der Waals surface area (Å²) in [5.41, 5.74) is 8.87. The van der Waals surface area contributed by atoms with Crippen LogP contribution in [0.15, 0.2) is 48.7 Å². The molecule has 1 heterocycles. The monoisotopic (exact) mass is 298 g/mol. The van der Waals surface area contributed by atoms with E-state index in [0.29, 0.717) is 11.7 Å². The number of benzene rings is 2. The van der Waals surface area contributed by atoms with Crippen molar-refractivity contribution in [3.8, 4) is 5.75 Å². The molecule has 114 valence electrons. The van der Waals surface area contributed by atoms with Crippen molar-refractivity contribution in [1.82, 2.24) is 4.57 Å². The molecular formula is C18H19FN2O. The third-order valence-electron chi connectivity index (χ3n) is 3.75. The molecule has 0 aliphatic heterocycles. The van der Waals surface area contributed by atoms with Crippen molar-refractivity contribution in [2.45, 2.75) is 26.5 Å².